The van der Waals surface area contributed by atoms with E-state index in [0.717, 1.165) is 0 Å². The SMILES string of the molecule is COCOc1c(-c2ccc(OCCOCC(=O)OC(C)(C)C)cc2)oc2c(Cl)cccc2c1=O. The van der Waals surface area contributed by atoms with E-state index in [2.05, 4.69) is 0 Å². The molecule has 9 heteroatoms. The van der Waals surface area contributed by atoms with Gasteiger partial charge < -0.3 is 28.1 Å². The zero-order chi connectivity index (χ0) is 24.7. The molecule has 0 atom stereocenters. The molecule has 0 spiro atoms. The summed E-state index contributed by atoms with van der Waals surface area (Å²) in [6, 6.07) is 11.9. The van der Waals surface area contributed by atoms with Crippen LogP contribution < -0.4 is 14.9 Å². The first-order valence-electron chi connectivity index (χ1n) is 10.6. The Morgan fingerprint density at radius 3 is 2.44 bits per heavy atom. The Balaban J connectivity index is 1.69. The average Bonchev–Trinajstić information content (AvgIpc) is 2.78. The van der Waals surface area contributed by atoms with Crippen LogP contribution in [0.25, 0.3) is 22.3 Å². The normalized spacial score (nSPS) is 11.4. The highest BCUT2D eigenvalue weighted by atomic mass is 35.5. The molecule has 1 aromatic heterocycles. The summed E-state index contributed by atoms with van der Waals surface area (Å²) in [5, 5.41) is 0.633. The first kappa shape index (κ1) is 25.6. The van der Waals surface area contributed by atoms with Crippen LogP contribution in [0.1, 0.15) is 20.8 Å². The number of para-hydroxylation sites is 1. The van der Waals surface area contributed by atoms with Crippen LogP contribution in [-0.4, -0.2) is 45.3 Å². The van der Waals surface area contributed by atoms with E-state index in [1.807, 2.05) is 0 Å². The maximum atomic E-state index is 13.0. The largest absolute Gasteiger partial charge is 0.491 e. The van der Waals surface area contributed by atoms with Crippen molar-refractivity contribution in [1.82, 2.24) is 0 Å². The molecule has 0 saturated heterocycles. The van der Waals surface area contributed by atoms with Crippen LogP contribution in [0.2, 0.25) is 5.02 Å². The predicted octanol–water partition coefficient (Wildman–Crippen LogP) is 4.83. The Kier molecular flexibility index (Phi) is 8.55. The third-order valence-electron chi connectivity index (χ3n) is 4.40. The summed E-state index contributed by atoms with van der Waals surface area (Å²) in [5.41, 5.74) is -0.0314. The van der Waals surface area contributed by atoms with Gasteiger partial charge in [-0.15, -0.1) is 0 Å². The Labute approximate surface area is 202 Å². The highest BCUT2D eigenvalue weighted by Crippen LogP contribution is 2.34. The number of methoxy groups -OCH3 is 1. The number of hydrogen-bond acceptors (Lipinski definition) is 8. The van der Waals surface area contributed by atoms with Gasteiger partial charge in [0.2, 0.25) is 11.2 Å². The fourth-order valence-electron chi connectivity index (χ4n) is 3.05. The molecule has 0 aliphatic rings. The number of halogens is 1. The highest BCUT2D eigenvalue weighted by Gasteiger charge is 2.19. The Bertz CT molecular complexity index is 1180. The molecule has 8 nitrogen and oxygen atoms in total. The van der Waals surface area contributed by atoms with Gasteiger partial charge in [0.25, 0.3) is 0 Å². The van der Waals surface area contributed by atoms with Gasteiger partial charge in [0.05, 0.1) is 17.0 Å². The summed E-state index contributed by atoms with van der Waals surface area (Å²) < 4.78 is 32.6. The molecule has 0 amide bonds. The predicted molar refractivity (Wildman–Crippen MR) is 128 cm³/mol. The van der Waals surface area contributed by atoms with Gasteiger partial charge in [-0.1, -0.05) is 17.7 Å². The summed E-state index contributed by atoms with van der Waals surface area (Å²) in [5.74, 6) is 0.404. The van der Waals surface area contributed by atoms with E-state index in [0.29, 0.717) is 21.7 Å². The average molecular weight is 491 g/mol. The number of carbonyl (C=O) groups excluding carboxylic acids is 1. The van der Waals surface area contributed by atoms with Crippen LogP contribution >= 0.6 is 11.6 Å². The lowest BCUT2D eigenvalue weighted by Gasteiger charge is -2.19. The molecule has 0 fully saturated rings. The Morgan fingerprint density at radius 1 is 1.03 bits per heavy atom. The van der Waals surface area contributed by atoms with E-state index in [1.54, 1.807) is 63.2 Å². The highest BCUT2D eigenvalue weighted by molar-refractivity contribution is 6.34. The van der Waals surface area contributed by atoms with Gasteiger partial charge in [0.15, 0.2) is 18.1 Å². The minimum atomic E-state index is -0.553. The second-order valence-corrected chi connectivity index (χ2v) is 8.68. The lowest BCUT2D eigenvalue weighted by molar-refractivity contribution is -0.160. The number of ether oxygens (including phenoxy) is 5. The van der Waals surface area contributed by atoms with Crippen molar-refractivity contribution in [3.8, 4) is 22.8 Å². The van der Waals surface area contributed by atoms with E-state index in [1.165, 1.54) is 7.11 Å². The van der Waals surface area contributed by atoms with Gasteiger partial charge in [-0.25, -0.2) is 4.79 Å². The maximum absolute atomic E-state index is 13.0. The number of hydrogen-bond donors (Lipinski definition) is 0. The molecule has 182 valence electrons. The summed E-state index contributed by atoms with van der Waals surface area (Å²) in [6.45, 7) is 5.58. The molecule has 3 rings (SSSR count). The van der Waals surface area contributed by atoms with E-state index < -0.39 is 11.6 Å². The van der Waals surface area contributed by atoms with Crippen molar-refractivity contribution in [2.75, 3.05) is 33.7 Å². The fourth-order valence-corrected chi connectivity index (χ4v) is 3.26. The second kappa shape index (κ2) is 11.4. The van der Waals surface area contributed by atoms with Gasteiger partial charge in [-0.3, -0.25) is 4.79 Å². The molecule has 2 aromatic carbocycles. The molecule has 0 saturated carbocycles. The minimum Gasteiger partial charge on any atom is -0.491 e. The van der Waals surface area contributed by atoms with E-state index >= 15 is 0 Å². The topological polar surface area (TPSA) is 93.4 Å². The molecule has 0 aliphatic carbocycles. The van der Waals surface area contributed by atoms with Crippen molar-refractivity contribution in [3.63, 3.8) is 0 Å². The van der Waals surface area contributed by atoms with Gasteiger partial charge in [-0.2, -0.15) is 0 Å². The second-order valence-electron chi connectivity index (χ2n) is 8.27. The molecule has 3 aromatic rings. The monoisotopic (exact) mass is 490 g/mol. The molecular formula is C25H27ClO8. The van der Waals surface area contributed by atoms with E-state index in [4.69, 9.17) is 39.7 Å². The smallest absolute Gasteiger partial charge is 0.332 e. The van der Waals surface area contributed by atoms with Gasteiger partial charge in [0.1, 0.15) is 24.6 Å². The molecular weight excluding hydrogens is 464 g/mol. The third-order valence-corrected chi connectivity index (χ3v) is 4.70. The Morgan fingerprint density at radius 2 is 1.76 bits per heavy atom. The molecule has 0 unspecified atom stereocenters. The molecule has 0 bridgehead atoms. The van der Waals surface area contributed by atoms with Crippen LogP contribution in [0.5, 0.6) is 11.5 Å². The molecule has 1 heterocycles. The summed E-state index contributed by atoms with van der Waals surface area (Å²) in [6.07, 6.45) is 0. The first-order valence-corrected chi connectivity index (χ1v) is 11.0. The van der Waals surface area contributed by atoms with E-state index in [-0.39, 0.29) is 49.1 Å². The third kappa shape index (κ3) is 6.72. The van der Waals surface area contributed by atoms with Crippen molar-refractivity contribution in [2.24, 2.45) is 0 Å². The summed E-state index contributed by atoms with van der Waals surface area (Å²) in [4.78, 5) is 24.6. The lowest BCUT2D eigenvalue weighted by atomic mass is 10.1. The molecule has 0 radical (unpaired) electrons. The number of rotatable bonds is 10. The zero-order valence-electron chi connectivity index (χ0n) is 19.5. The zero-order valence-corrected chi connectivity index (χ0v) is 20.3. The molecule has 0 N–H and O–H groups in total. The maximum Gasteiger partial charge on any atom is 0.332 e. The van der Waals surface area contributed by atoms with Crippen LogP contribution in [0, 0.1) is 0 Å². The first-order chi connectivity index (χ1) is 16.2. The number of esters is 1. The molecule has 0 aliphatic heterocycles. The van der Waals surface area contributed by atoms with E-state index in [9.17, 15) is 9.59 Å². The standard InChI is InChI=1S/C25H27ClO8/c1-25(2,3)34-20(27)14-30-12-13-31-17-10-8-16(9-11-17)22-24(32-15-29-4)21(28)18-6-5-7-19(26)23(18)33-22/h5-11H,12-15H2,1-4H3. The summed E-state index contributed by atoms with van der Waals surface area (Å²) >= 11 is 6.25. The van der Waals surface area contributed by atoms with Crippen molar-refractivity contribution in [3.05, 3.63) is 57.7 Å². The van der Waals surface area contributed by atoms with Crippen molar-refractivity contribution >= 4 is 28.5 Å². The van der Waals surface area contributed by atoms with Crippen molar-refractivity contribution < 1.29 is 32.9 Å². The van der Waals surface area contributed by atoms with Crippen LogP contribution in [0.15, 0.2) is 51.7 Å². The van der Waals surface area contributed by atoms with Crippen LogP contribution in [0.4, 0.5) is 0 Å². The van der Waals surface area contributed by atoms with Crippen molar-refractivity contribution in [2.45, 2.75) is 26.4 Å². The van der Waals surface area contributed by atoms with Crippen LogP contribution in [-0.2, 0) is 19.0 Å². The number of fused-ring (bicyclic) bond motifs is 1. The quantitative estimate of drug-likeness (QED) is 0.226. The summed E-state index contributed by atoms with van der Waals surface area (Å²) in [7, 11) is 1.46. The lowest BCUT2D eigenvalue weighted by Crippen LogP contribution is -2.27. The van der Waals surface area contributed by atoms with Crippen LogP contribution in [0.3, 0.4) is 0 Å². The van der Waals surface area contributed by atoms with Gasteiger partial charge >= 0.3 is 5.97 Å². The minimum absolute atomic E-state index is 0.0285. The van der Waals surface area contributed by atoms with Crippen molar-refractivity contribution in [1.29, 1.82) is 0 Å². The number of benzene rings is 2. The van der Waals surface area contributed by atoms with Gasteiger partial charge in [0, 0.05) is 12.7 Å². The molecule has 34 heavy (non-hydrogen) atoms. The van der Waals surface area contributed by atoms with Gasteiger partial charge in [-0.05, 0) is 57.2 Å². The Hall–Kier alpha value is -3.07. The fraction of sp³-hybridized carbons (Fsp3) is 0.360. The number of carbonyl (C=O) groups is 1.